The van der Waals surface area contributed by atoms with Crippen molar-refractivity contribution in [3.05, 3.63) is 35.7 Å². The molecule has 0 radical (unpaired) electrons. The minimum atomic E-state index is 0.595. The van der Waals surface area contributed by atoms with Gasteiger partial charge in [-0.25, -0.2) is 0 Å². The van der Waals surface area contributed by atoms with Crippen molar-refractivity contribution in [2.75, 3.05) is 6.54 Å². The number of aromatic nitrogens is 3. The SMILES string of the molecule is c1cc2c(c(-c3nncn3C3CCCC3)c1)CCNC2. The molecular formula is C16H20N4. The van der Waals surface area contributed by atoms with E-state index < -0.39 is 0 Å². The molecule has 0 amide bonds. The lowest BCUT2D eigenvalue weighted by Gasteiger charge is -2.21. The van der Waals surface area contributed by atoms with Crippen molar-refractivity contribution in [3.63, 3.8) is 0 Å². The molecule has 4 heteroatoms. The quantitative estimate of drug-likeness (QED) is 0.910. The zero-order valence-corrected chi connectivity index (χ0v) is 11.7. The number of nitrogens with zero attached hydrogens (tertiary/aromatic N) is 3. The van der Waals surface area contributed by atoms with Gasteiger partial charge in [0, 0.05) is 18.2 Å². The Morgan fingerprint density at radius 3 is 3.00 bits per heavy atom. The summed E-state index contributed by atoms with van der Waals surface area (Å²) in [4.78, 5) is 0. The summed E-state index contributed by atoms with van der Waals surface area (Å²) in [5, 5.41) is 12.1. The van der Waals surface area contributed by atoms with Crippen LogP contribution in [0.25, 0.3) is 11.4 Å². The maximum absolute atomic E-state index is 4.43. The number of hydrogen-bond donors (Lipinski definition) is 1. The molecule has 0 bridgehead atoms. The molecule has 104 valence electrons. The van der Waals surface area contributed by atoms with E-state index in [0.717, 1.165) is 25.3 Å². The van der Waals surface area contributed by atoms with E-state index in [9.17, 15) is 0 Å². The maximum Gasteiger partial charge on any atom is 0.164 e. The zero-order chi connectivity index (χ0) is 13.4. The minimum absolute atomic E-state index is 0.595. The second-order valence-corrected chi connectivity index (χ2v) is 5.87. The molecule has 1 aromatic heterocycles. The molecule has 4 nitrogen and oxygen atoms in total. The fourth-order valence-electron chi connectivity index (χ4n) is 3.63. The molecule has 1 aliphatic carbocycles. The normalized spacial score (nSPS) is 19.2. The van der Waals surface area contributed by atoms with Gasteiger partial charge in [0.1, 0.15) is 6.33 Å². The summed E-state index contributed by atoms with van der Waals surface area (Å²) in [6.45, 7) is 2.03. The molecule has 1 saturated carbocycles. The van der Waals surface area contributed by atoms with Gasteiger partial charge in [-0.05, 0) is 36.9 Å². The molecule has 2 aliphatic rings. The highest BCUT2D eigenvalue weighted by Gasteiger charge is 2.23. The summed E-state index contributed by atoms with van der Waals surface area (Å²) in [5.74, 6) is 1.07. The molecule has 2 aromatic rings. The second-order valence-electron chi connectivity index (χ2n) is 5.87. The van der Waals surface area contributed by atoms with E-state index in [1.807, 2.05) is 6.33 Å². The van der Waals surface area contributed by atoms with Gasteiger partial charge in [-0.1, -0.05) is 31.0 Å². The van der Waals surface area contributed by atoms with Crippen molar-refractivity contribution in [1.82, 2.24) is 20.1 Å². The lowest BCUT2D eigenvalue weighted by atomic mass is 9.95. The second kappa shape index (κ2) is 5.02. The van der Waals surface area contributed by atoms with Crippen LogP contribution in [0.15, 0.2) is 24.5 Å². The largest absolute Gasteiger partial charge is 0.312 e. The van der Waals surface area contributed by atoms with Gasteiger partial charge in [-0.15, -0.1) is 10.2 Å². The molecule has 0 atom stereocenters. The molecule has 1 aromatic carbocycles. The summed E-state index contributed by atoms with van der Waals surface area (Å²) in [6, 6.07) is 7.17. The van der Waals surface area contributed by atoms with Crippen LogP contribution in [0.2, 0.25) is 0 Å². The van der Waals surface area contributed by atoms with Crippen LogP contribution < -0.4 is 5.32 Å². The Labute approximate surface area is 119 Å². The average Bonchev–Trinajstić information content (AvgIpc) is 3.17. The van der Waals surface area contributed by atoms with Crippen molar-refractivity contribution in [1.29, 1.82) is 0 Å². The standard InChI is InChI=1S/C16H20N4/c1-2-6-13(5-1)20-11-18-19-16(20)15-7-3-4-12-10-17-9-8-14(12)15/h3-4,7,11,13,17H,1-2,5-6,8-10H2. The summed E-state index contributed by atoms with van der Waals surface area (Å²) in [5.41, 5.74) is 4.15. The van der Waals surface area contributed by atoms with Gasteiger partial charge in [-0.3, -0.25) is 0 Å². The molecule has 0 saturated heterocycles. The predicted octanol–water partition coefficient (Wildman–Crippen LogP) is 2.71. The maximum atomic E-state index is 4.43. The van der Waals surface area contributed by atoms with Gasteiger partial charge in [-0.2, -0.15) is 0 Å². The summed E-state index contributed by atoms with van der Waals surface area (Å²) >= 11 is 0. The highest BCUT2D eigenvalue weighted by atomic mass is 15.3. The molecular weight excluding hydrogens is 248 g/mol. The fraction of sp³-hybridized carbons (Fsp3) is 0.500. The zero-order valence-electron chi connectivity index (χ0n) is 11.7. The van der Waals surface area contributed by atoms with E-state index >= 15 is 0 Å². The topological polar surface area (TPSA) is 42.7 Å². The Balaban J connectivity index is 1.80. The molecule has 0 spiro atoms. The van der Waals surface area contributed by atoms with Gasteiger partial charge in [0.05, 0.1) is 0 Å². The van der Waals surface area contributed by atoms with Crippen LogP contribution in [0.1, 0.15) is 42.9 Å². The lowest BCUT2D eigenvalue weighted by Crippen LogP contribution is -2.24. The van der Waals surface area contributed by atoms with Crippen LogP contribution >= 0.6 is 0 Å². The fourth-order valence-corrected chi connectivity index (χ4v) is 3.63. The van der Waals surface area contributed by atoms with Gasteiger partial charge in [0.2, 0.25) is 0 Å². The Hall–Kier alpha value is -1.68. The van der Waals surface area contributed by atoms with Crippen LogP contribution in [0.4, 0.5) is 0 Å². The van der Waals surface area contributed by atoms with Crippen molar-refractivity contribution in [3.8, 4) is 11.4 Å². The van der Waals surface area contributed by atoms with E-state index in [4.69, 9.17) is 0 Å². The van der Waals surface area contributed by atoms with E-state index in [-0.39, 0.29) is 0 Å². The van der Waals surface area contributed by atoms with Crippen LogP contribution in [0.3, 0.4) is 0 Å². The van der Waals surface area contributed by atoms with Gasteiger partial charge in [0.15, 0.2) is 5.82 Å². The number of fused-ring (bicyclic) bond motifs is 1. The van der Waals surface area contributed by atoms with Crippen LogP contribution in [0, 0.1) is 0 Å². The Morgan fingerprint density at radius 1 is 1.20 bits per heavy atom. The summed E-state index contributed by atoms with van der Waals surface area (Å²) < 4.78 is 2.31. The Bertz CT molecular complexity index is 611. The third kappa shape index (κ3) is 1.95. The van der Waals surface area contributed by atoms with Crippen molar-refractivity contribution < 1.29 is 0 Å². The third-order valence-corrected chi connectivity index (χ3v) is 4.67. The third-order valence-electron chi connectivity index (χ3n) is 4.67. The lowest BCUT2D eigenvalue weighted by molar-refractivity contribution is 0.521. The van der Waals surface area contributed by atoms with Crippen molar-refractivity contribution in [2.45, 2.75) is 44.7 Å². The molecule has 0 unspecified atom stereocenters. The van der Waals surface area contributed by atoms with E-state index in [1.54, 1.807) is 0 Å². The Morgan fingerprint density at radius 2 is 2.10 bits per heavy atom. The Kier molecular flexibility index (Phi) is 3.03. The predicted molar refractivity (Wildman–Crippen MR) is 78.4 cm³/mol. The first-order valence-electron chi connectivity index (χ1n) is 7.65. The van der Waals surface area contributed by atoms with Crippen LogP contribution in [-0.2, 0) is 13.0 Å². The highest BCUT2D eigenvalue weighted by Crippen LogP contribution is 2.34. The summed E-state index contributed by atoms with van der Waals surface area (Å²) in [6.07, 6.45) is 8.20. The molecule has 1 N–H and O–H groups in total. The highest BCUT2D eigenvalue weighted by molar-refractivity contribution is 5.63. The van der Waals surface area contributed by atoms with Crippen molar-refractivity contribution in [2.24, 2.45) is 0 Å². The monoisotopic (exact) mass is 268 g/mol. The van der Waals surface area contributed by atoms with Gasteiger partial charge >= 0.3 is 0 Å². The van der Waals surface area contributed by atoms with E-state index in [2.05, 4.69) is 38.3 Å². The van der Waals surface area contributed by atoms with Gasteiger partial charge in [0.25, 0.3) is 0 Å². The molecule has 20 heavy (non-hydrogen) atoms. The first kappa shape index (κ1) is 12.1. The molecule has 2 heterocycles. The van der Waals surface area contributed by atoms with Crippen LogP contribution in [-0.4, -0.2) is 21.3 Å². The first-order valence-corrected chi connectivity index (χ1v) is 7.65. The van der Waals surface area contributed by atoms with E-state index in [1.165, 1.54) is 42.4 Å². The number of nitrogens with one attached hydrogen (secondary N) is 1. The first-order chi connectivity index (χ1) is 9.93. The summed E-state index contributed by atoms with van der Waals surface area (Å²) in [7, 11) is 0. The molecule has 1 aliphatic heterocycles. The van der Waals surface area contributed by atoms with Crippen molar-refractivity contribution >= 4 is 0 Å². The molecule has 4 rings (SSSR count). The number of hydrogen-bond acceptors (Lipinski definition) is 3. The van der Waals surface area contributed by atoms with Gasteiger partial charge < -0.3 is 9.88 Å². The minimum Gasteiger partial charge on any atom is -0.312 e. The smallest absolute Gasteiger partial charge is 0.164 e. The average molecular weight is 268 g/mol. The molecule has 1 fully saturated rings. The number of rotatable bonds is 2. The number of benzene rings is 1. The van der Waals surface area contributed by atoms with Crippen LogP contribution in [0.5, 0.6) is 0 Å². The van der Waals surface area contributed by atoms with E-state index in [0.29, 0.717) is 6.04 Å².